The Balaban J connectivity index is 2.49. The lowest BCUT2D eigenvalue weighted by Gasteiger charge is -2.18. The first-order valence-electron chi connectivity index (χ1n) is 7.52. The summed E-state index contributed by atoms with van der Waals surface area (Å²) < 4.78 is 5.14. The number of aryl methyl sites for hydroxylation is 2. The highest BCUT2D eigenvalue weighted by molar-refractivity contribution is 5.74. The molecule has 0 saturated heterocycles. The van der Waals surface area contributed by atoms with Gasteiger partial charge in [-0.2, -0.15) is 0 Å². The van der Waals surface area contributed by atoms with E-state index in [2.05, 4.69) is 15.8 Å². The first kappa shape index (κ1) is 17.5. The Morgan fingerprint density at radius 3 is 2.52 bits per heavy atom. The van der Waals surface area contributed by atoms with Gasteiger partial charge >= 0.3 is 6.03 Å². The number of amides is 2. The molecule has 0 aliphatic carbocycles. The molecule has 120 valence electrons. The van der Waals surface area contributed by atoms with Gasteiger partial charge in [0.15, 0.2) is 0 Å². The van der Waals surface area contributed by atoms with Crippen molar-refractivity contribution in [2.24, 2.45) is 5.92 Å². The van der Waals surface area contributed by atoms with E-state index in [0.717, 1.165) is 23.4 Å². The molecule has 3 N–H and O–H groups in total. The number of aliphatic hydroxyl groups is 1. The number of rotatable bonds is 7. The number of aliphatic hydroxyl groups excluding tert-OH is 1. The molecule has 21 heavy (non-hydrogen) atoms. The van der Waals surface area contributed by atoms with Crippen molar-refractivity contribution in [2.75, 3.05) is 6.54 Å². The van der Waals surface area contributed by atoms with E-state index in [0.29, 0.717) is 13.0 Å². The molecular weight excluding hydrogens is 270 g/mol. The molecule has 2 amide bonds. The predicted octanol–water partition coefficient (Wildman–Crippen LogP) is 2.45. The minimum atomic E-state index is -0.394. The van der Waals surface area contributed by atoms with Crippen LogP contribution in [0.4, 0.5) is 4.79 Å². The lowest BCUT2D eigenvalue weighted by molar-refractivity contribution is 0.116. The van der Waals surface area contributed by atoms with Crippen molar-refractivity contribution in [1.82, 2.24) is 15.8 Å². The van der Waals surface area contributed by atoms with Crippen LogP contribution in [0.15, 0.2) is 4.52 Å². The second kappa shape index (κ2) is 8.02. The third-order valence-electron chi connectivity index (χ3n) is 3.65. The summed E-state index contributed by atoms with van der Waals surface area (Å²) in [6.45, 7) is 10.1. The highest BCUT2D eigenvalue weighted by Crippen LogP contribution is 2.23. The number of hydrogen-bond acceptors (Lipinski definition) is 4. The van der Waals surface area contributed by atoms with Gasteiger partial charge in [0.2, 0.25) is 0 Å². The summed E-state index contributed by atoms with van der Waals surface area (Å²) in [6.07, 6.45) is 0.910. The van der Waals surface area contributed by atoms with Gasteiger partial charge in [-0.25, -0.2) is 4.79 Å². The Kier molecular flexibility index (Phi) is 6.68. The third kappa shape index (κ3) is 5.04. The molecule has 1 rings (SSSR count). The van der Waals surface area contributed by atoms with Crippen molar-refractivity contribution in [3.63, 3.8) is 0 Å². The van der Waals surface area contributed by atoms with E-state index in [4.69, 9.17) is 4.52 Å². The summed E-state index contributed by atoms with van der Waals surface area (Å²) >= 11 is 0. The van der Waals surface area contributed by atoms with Gasteiger partial charge in [-0.05, 0) is 32.6 Å². The van der Waals surface area contributed by atoms with Crippen LogP contribution in [0.1, 0.15) is 56.7 Å². The van der Waals surface area contributed by atoms with E-state index < -0.39 is 6.10 Å². The second-order valence-electron chi connectivity index (χ2n) is 5.70. The number of urea groups is 1. The Labute approximate surface area is 126 Å². The molecular formula is C15H27N3O3. The van der Waals surface area contributed by atoms with Crippen LogP contribution in [-0.2, 0) is 0 Å². The Morgan fingerprint density at radius 1 is 1.38 bits per heavy atom. The predicted molar refractivity (Wildman–Crippen MR) is 81.0 cm³/mol. The number of aromatic nitrogens is 1. The molecule has 0 aromatic carbocycles. The highest BCUT2D eigenvalue weighted by Gasteiger charge is 2.20. The molecule has 0 saturated carbocycles. The maximum Gasteiger partial charge on any atom is 0.315 e. The summed E-state index contributed by atoms with van der Waals surface area (Å²) in [4.78, 5) is 11.9. The molecule has 0 fully saturated rings. The normalized spacial score (nSPS) is 14.0. The van der Waals surface area contributed by atoms with Crippen molar-refractivity contribution in [3.8, 4) is 0 Å². The molecule has 0 spiro atoms. The zero-order valence-electron chi connectivity index (χ0n) is 13.6. The van der Waals surface area contributed by atoms with Crippen LogP contribution >= 0.6 is 0 Å². The molecule has 0 radical (unpaired) electrons. The van der Waals surface area contributed by atoms with Gasteiger partial charge in [-0.15, -0.1) is 0 Å². The van der Waals surface area contributed by atoms with Crippen molar-refractivity contribution < 1.29 is 14.4 Å². The number of carbonyl (C=O) groups excluding carboxylic acids is 1. The van der Waals surface area contributed by atoms with Crippen LogP contribution in [0, 0.1) is 19.8 Å². The first-order valence-corrected chi connectivity index (χ1v) is 7.52. The van der Waals surface area contributed by atoms with Gasteiger partial charge in [0, 0.05) is 12.1 Å². The molecule has 1 aromatic rings. The fourth-order valence-corrected chi connectivity index (χ4v) is 2.24. The summed E-state index contributed by atoms with van der Waals surface area (Å²) in [5.74, 6) is 0.926. The fraction of sp³-hybridized carbons (Fsp3) is 0.733. The van der Waals surface area contributed by atoms with Crippen LogP contribution in [0.25, 0.3) is 0 Å². The molecule has 6 nitrogen and oxygen atoms in total. The summed E-state index contributed by atoms with van der Waals surface area (Å²) in [6, 6.07) is -0.357. The zero-order chi connectivity index (χ0) is 16.0. The molecule has 1 heterocycles. The molecule has 6 heteroatoms. The maximum absolute atomic E-state index is 11.9. The third-order valence-corrected chi connectivity index (χ3v) is 3.65. The summed E-state index contributed by atoms with van der Waals surface area (Å²) in [5.41, 5.74) is 1.74. The Morgan fingerprint density at radius 2 is 2.05 bits per heavy atom. The van der Waals surface area contributed by atoms with Gasteiger partial charge in [0.05, 0.1) is 17.8 Å². The van der Waals surface area contributed by atoms with Gasteiger partial charge in [-0.1, -0.05) is 25.9 Å². The number of nitrogens with one attached hydrogen (secondary N) is 2. The van der Waals surface area contributed by atoms with Crippen molar-refractivity contribution in [1.29, 1.82) is 0 Å². The van der Waals surface area contributed by atoms with Crippen LogP contribution in [0.5, 0.6) is 0 Å². The lowest BCUT2D eigenvalue weighted by Crippen LogP contribution is -2.39. The Bertz CT molecular complexity index is 438. The number of hydrogen-bond donors (Lipinski definition) is 3. The van der Waals surface area contributed by atoms with E-state index in [1.54, 1.807) is 0 Å². The largest absolute Gasteiger partial charge is 0.393 e. The van der Waals surface area contributed by atoms with Crippen LogP contribution in [-0.4, -0.2) is 28.9 Å². The average Bonchev–Trinajstić information content (AvgIpc) is 2.75. The topological polar surface area (TPSA) is 87.4 Å². The van der Waals surface area contributed by atoms with E-state index >= 15 is 0 Å². The Hall–Kier alpha value is -1.56. The fourth-order valence-electron chi connectivity index (χ4n) is 2.24. The summed E-state index contributed by atoms with van der Waals surface area (Å²) in [7, 11) is 0. The number of nitrogens with zero attached hydrogens (tertiary/aromatic N) is 1. The van der Waals surface area contributed by atoms with Gasteiger partial charge in [0.1, 0.15) is 5.76 Å². The standard InChI is InChI=1S/C15H27N3O3/c1-6-12(14-10(4)18-21-11(14)5)17-15(20)16-8-7-13(19)9(2)3/h9,12-13,19H,6-8H2,1-5H3,(H2,16,17,20). The monoisotopic (exact) mass is 297 g/mol. The molecule has 2 atom stereocenters. The quantitative estimate of drug-likeness (QED) is 0.721. The van der Waals surface area contributed by atoms with Crippen LogP contribution < -0.4 is 10.6 Å². The minimum absolute atomic E-state index is 0.119. The van der Waals surface area contributed by atoms with Gasteiger partial charge in [0.25, 0.3) is 0 Å². The second-order valence-corrected chi connectivity index (χ2v) is 5.70. The molecule has 0 aliphatic heterocycles. The molecule has 0 bridgehead atoms. The van der Waals surface area contributed by atoms with Crippen molar-refractivity contribution >= 4 is 6.03 Å². The van der Waals surface area contributed by atoms with Gasteiger partial charge in [-0.3, -0.25) is 0 Å². The SMILES string of the molecule is CCC(NC(=O)NCCC(O)C(C)C)c1c(C)noc1C. The maximum atomic E-state index is 11.9. The zero-order valence-corrected chi connectivity index (χ0v) is 13.6. The average molecular weight is 297 g/mol. The summed E-state index contributed by atoms with van der Waals surface area (Å²) in [5, 5.41) is 19.3. The first-order chi connectivity index (χ1) is 9.86. The molecule has 2 unspecified atom stereocenters. The van der Waals surface area contributed by atoms with Crippen LogP contribution in [0.3, 0.4) is 0 Å². The molecule has 1 aromatic heterocycles. The minimum Gasteiger partial charge on any atom is -0.393 e. The van der Waals surface area contributed by atoms with Gasteiger partial charge < -0.3 is 20.3 Å². The van der Waals surface area contributed by atoms with E-state index in [1.807, 2.05) is 34.6 Å². The van der Waals surface area contributed by atoms with E-state index in [9.17, 15) is 9.90 Å². The van der Waals surface area contributed by atoms with E-state index in [-0.39, 0.29) is 18.0 Å². The highest BCUT2D eigenvalue weighted by atomic mass is 16.5. The van der Waals surface area contributed by atoms with Crippen molar-refractivity contribution in [2.45, 2.75) is 59.6 Å². The number of carbonyl (C=O) groups is 1. The smallest absolute Gasteiger partial charge is 0.315 e. The van der Waals surface area contributed by atoms with Crippen LogP contribution in [0.2, 0.25) is 0 Å². The lowest BCUT2D eigenvalue weighted by atomic mass is 10.0. The van der Waals surface area contributed by atoms with Crippen molar-refractivity contribution in [3.05, 3.63) is 17.0 Å². The van der Waals surface area contributed by atoms with E-state index in [1.165, 1.54) is 0 Å². The molecule has 0 aliphatic rings.